The molecule has 7 heteroatoms. The third-order valence-electron chi connectivity index (χ3n) is 4.99. The van der Waals surface area contributed by atoms with Gasteiger partial charge in [-0.2, -0.15) is 0 Å². The summed E-state index contributed by atoms with van der Waals surface area (Å²) >= 11 is 6.51. The third kappa shape index (κ3) is 4.69. The van der Waals surface area contributed by atoms with Gasteiger partial charge in [-0.3, -0.25) is 0 Å². The summed E-state index contributed by atoms with van der Waals surface area (Å²) in [5.74, 6) is 0.690. The van der Waals surface area contributed by atoms with Crippen LogP contribution in [-0.2, 0) is 9.31 Å². The lowest BCUT2D eigenvalue weighted by Gasteiger charge is -2.32. The molecule has 1 saturated heterocycles. The Hall–Kier alpha value is -0.785. The molecule has 0 aromatic heterocycles. The molecule has 0 saturated carbocycles. The number of likely N-dealkylation sites (N-methyl/N-ethyl adjacent to an activating group) is 1. The number of hydrogen-bond acceptors (Lipinski definition) is 5. The van der Waals surface area contributed by atoms with Crippen LogP contribution in [0.1, 0.15) is 33.3 Å². The Bertz CT molecular complexity index is 580. The molecule has 2 N–H and O–H groups in total. The SMILES string of the molecule is CNCCNCCOc1ccc(B2OC(C)(C)C(C)(C)O2)c(C)c1Cl. The van der Waals surface area contributed by atoms with Gasteiger partial charge in [-0.05, 0) is 58.8 Å². The van der Waals surface area contributed by atoms with E-state index in [0.29, 0.717) is 17.4 Å². The Labute approximate surface area is 156 Å². The summed E-state index contributed by atoms with van der Waals surface area (Å²) in [4.78, 5) is 0. The minimum Gasteiger partial charge on any atom is -0.491 e. The van der Waals surface area contributed by atoms with E-state index in [4.69, 9.17) is 25.6 Å². The highest BCUT2D eigenvalue weighted by Gasteiger charge is 2.52. The molecule has 1 aliphatic rings. The van der Waals surface area contributed by atoms with Gasteiger partial charge in [-0.1, -0.05) is 17.7 Å². The molecule has 0 aliphatic carbocycles. The predicted molar refractivity (Wildman–Crippen MR) is 104 cm³/mol. The van der Waals surface area contributed by atoms with Gasteiger partial charge in [-0.25, -0.2) is 0 Å². The van der Waals surface area contributed by atoms with Crippen LogP contribution < -0.4 is 20.8 Å². The second-order valence-corrected chi connectivity index (χ2v) is 7.76. The lowest BCUT2D eigenvalue weighted by Crippen LogP contribution is -2.41. The lowest BCUT2D eigenvalue weighted by molar-refractivity contribution is 0.00578. The minimum atomic E-state index is -0.417. The van der Waals surface area contributed by atoms with Gasteiger partial charge in [0.05, 0.1) is 16.2 Å². The van der Waals surface area contributed by atoms with Crippen molar-refractivity contribution in [1.82, 2.24) is 10.6 Å². The third-order valence-corrected chi connectivity index (χ3v) is 5.46. The zero-order valence-electron chi connectivity index (χ0n) is 16.2. The van der Waals surface area contributed by atoms with Crippen LogP contribution in [0.5, 0.6) is 5.75 Å². The molecule has 0 atom stereocenters. The summed E-state index contributed by atoms with van der Waals surface area (Å²) in [5, 5.41) is 7.00. The van der Waals surface area contributed by atoms with E-state index in [1.165, 1.54) is 0 Å². The van der Waals surface area contributed by atoms with Gasteiger partial charge in [0.25, 0.3) is 0 Å². The fourth-order valence-electron chi connectivity index (χ4n) is 2.58. The molecule has 1 heterocycles. The van der Waals surface area contributed by atoms with Crippen molar-refractivity contribution in [3.8, 4) is 5.75 Å². The van der Waals surface area contributed by atoms with E-state index in [1.54, 1.807) is 0 Å². The largest absolute Gasteiger partial charge is 0.495 e. The average Bonchev–Trinajstić information content (AvgIpc) is 2.75. The van der Waals surface area contributed by atoms with Gasteiger partial charge in [0, 0.05) is 19.6 Å². The fourth-order valence-corrected chi connectivity index (χ4v) is 2.81. The number of nitrogens with one attached hydrogen (secondary N) is 2. The second-order valence-electron chi connectivity index (χ2n) is 7.38. The zero-order valence-corrected chi connectivity index (χ0v) is 16.9. The van der Waals surface area contributed by atoms with Gasteiger partial charge in [0.2, 0.25) is 0 Å². The van der Waals surface area contributed by atoms with E-state index in [2.05, 4.69) is 10.6 Å². The molecular formula is C18H30BClN2O3. The predicted octanol–water partition coefficient (Wildman–Crippen LogP) is 2.14. The zero-order chi connectivity index (χ0) is 18.7. The molecule has 1 aromatic carbocycles. The molecule has 1 aromatic rings. The molecule has 1 fully saturated rings. The molecule has 140 valence electrons. The first-order valence-electron chi connectivity index (χ1n) is 8.82. The van der Waals surface area contributed by atoms with Crippen molar-refractivity contribution in [3.05, 3.63) is 22.7 Å². The number of ether oxygens (including phenoxy) is 1. The van der Waals surface area contributed by atoms with Gasteiger partial charge in [-0.15, -0.1) is 0 Å². The van der Waals surface area contributed by atoms with Crippen molar-refractivity contribution in [2.75, 3.05) is 33.3 Å². The molecule has 25 heavy (non-hydrogen) atoms. The normalized spacial score (nSPS) is 18.6. The quantitative estimate of drug-likeness (QED) is 0.544. The number of hydrogen-bond donors (Lipinski definition) is 2. The van der Waals surface area contributed by atoms with Gasteiger partial charge < -0.3 is 24.7 Å². The van der Waals surface area contributed by atoms with Crippen molar-refractivity contribution < 1.29 is 14.0 Å². The van der Waals surface area contributed by atoms with Gasteiger partial charge >= 0.3 is 7.12 Å². The molecule has 2 rings (SSSR count). The molecule has 1 aliphatic heterocycles. The highest BCUT2D eigenvalue weighted by molar-refractivity contribution is 6.63. The lowest BCUT2D eigenvalue weighted by atomic mass is 9.76. The van der Waals surface area contributed by atoms with E-state index in [-0.39, 0.29) is 11.2 Å². The maximum absolute atomic E-state index is 6.51. The Morgan fingerprint density at radius 3 is 2.32 bits per heavy atom. The van der Waals surface area contributed by atoms with Crippen molar-refractivity contribution >= 4 is 24.2 Å². The summed E-state index contributed by atoms with van der Waals surface area (Å²) in [5.41, 5.74) is 1.14. The van der Waals surface area contributed by atoms with Crippen LogP contribution in [0.4, 0.5) is 0 Å². The Morgan fingerprint density at radius 1 is 1.08 bits per heavy atom. The summed E-state index contributed by atoms with van der Waals surface area (Å²) in [6, 6.07) is 3.87. The summed E-state index contributed by atoms with van der Waals surface area (Å²) in [7, 11) is 1.52. The minimum absolute atomic E-state index is 0.370. The van der Waals surface area contributed by atoms with E-state index < -0.39 is 7.12 Å². The van der Waals surface area contributed by atoms with Gasteiger partial charge in [0.1, 0.15) is 12.4 Å². The van der Waals surface area contributed by atoms with Crippen LogP contribution >= 0.6 is 11.6 Å². The van der Waals surface area contributed by atoms with Crippen molar-refractivity contribution in [1.29, 1.82) is 0 Å². The molecule has 0 bridgehead atoms. The van der Waals surface area contributed by atoms with Crippen molar-refractivity contribution in [3.63, 3.8) is 0 Å². The Balaban J connectivity index is 2.01. The number of benzene rings is 1. The fraction of sp³-hybridized carbons (Fsp3) is 0.667. The monoisotopic (exact) mass is 368 g/mol. The summed E-state index contributed by atoms with van der Waals surface area (Å²) in [6.45, 7) is 13.3. The highest BCUT2D eigenvalue weighted by Crippen LogP contribution is 2.37. The molecular weight excluding hydrogens is 338 g/mol. The van der Waals surface area contributed by atoms with Crippen molar-refractivity contribution in [2.45, 2.75) is 45.8 Å². The maximum Gasteiger partial charge on any atom is 0.495 e. The first-order valence-corrected chi connectivity index (χ1v) is 9.20. The van der Waals surface area contributed by atoms with Crippen LogP contribution in [0.2, 0.25) is 5.02 Å². The topological polar surface area (TPSA) is 51.8 Å². The molecule has 0 spiro atoms. The molecule has 5 nitrogen and oxygen atoms in total. The first-order chi connectivity index (χ1) is 11.7. The summed E-state index contributed by atoms with van der Waals surface area (Å²) in [6.07, 6.45) is 0. The first kappa shape index (κ1) is 20.5. The summed E-state index contributed by atoms with van der Waals surface area (Å²) < 4.78 is 18.0. The average molecular weight is 369 g/mol. The molecule has 0 unspecified atom stereocenters. The van der Waals surface area contributed by atoms with Crippen LogP contribution in [0.15, 0.2) is 12.1 Å². The molecule has 0 radical (unpaired) electrons. The smallest absolute Gasteiger partial charge is 0.491 e. The van der Waals surface area contributed by atoms with E-state index in [9.17, 15) is 0 Å². The van der Waals surface area contributed by atoms with E-state index >= 15 is 0 Å². The number of rotatable bonds is 8. The Kier molecular flexibility index (Phi) is 6.79. The molecule has 0 amide bonds. The second kappa shape index (κ2) is 8.27. The maximum atomic E-state index is 6.51. The highest BCUT2D eigenvalue weighted by atomic mass is 35.5. The van der Waals surface area contributed by atoms with E-state index in [0.717, 1.165) is 30.7 Å². The van der Waals surface area contributed by atoms with Crippen LogP contribution in [0, 0.1) is 6.92 Å². The van der Waals surface area contributed by atoms with E-state index in [1.807, 2.05) is 53.8 Å². The van der Waals surface area contributed by atoms with Gasteiger partial charge in [0.15, 0.2) is 0 Å². The van der Waals surface area contributed by atoms with Crippen molar-refractivity contribution in [2.24, 2.45) is 0 Å². The van der Waals surface area contributed by atoms with Crippen LogP contribution in [0.25, 0.3) is 0 Å². The Morgan fingerprint density at radius 2 is 1.72 bits per heavy atom. The number of halogens is 1. The standard InChI is InChI=1S/C18H30BClN2O3/c1-13-14(19-24-17(2,3)18(4,5)25-19)7-8-15(16(13)20)23-12-11-22-10-9-21-6/h7-8,21-22H,9-12H2,1-6H3. The van der Waals surface area contributed by atoms with Crippen LogP contribution in [-0.4, -0.2) is 51.6 Å². The van der Waals surface area contributed by atoms with Crippen LogP contribution in [0.3, 0.4) is 0 Å².